The van der Waals surface area contributed by atoms with E-state index in [9.17, 15) is 9.59 Å². The van der Waals surface area contributed by atoms with Gasteiger partial charge in [-0.2, -0.15) is 0 Å². The Morgan fingerprint density at radius 3 is 2.76 bits per heavy atom. The molecular formula is C18H22O3. The minimum absolute atomic E-state index is 0.0196. The lowest BCUT2D eigenvalue weighted by molar-refractivity contribution is -0.147. The molecule has 112 valence electrons. The molecule has 1 saturated carbocycles. The summed E-state index contributed by atoms with van der Waals surface area (Å²) in [5.74, 6) is 2.47. The topological polar surface area (TPSA) is 43.4 Å². The van der Waals surface area contributed by atoms with Crippen molar-refractivity contribution in [1.82, 2.24) is 0 Å². The molecule has 0 aromatic carbocycles. The number of terminal acetylenes is 1. The molecule has 0 radical (unpaired) electrons. The maximum Gasteiger partial charge on any atom is 0.310 e. The summed E-state index contributed by atoms with van der Waals surface area (Å²) in [6.07, 6.45) is 7.86. The predicted octanol–water partition coefficient (Wildman–Crippen LogP) is 2.92. The number of hydrogen-bond acceptors (Lipinski definition) is 3. The van der Waals surface area contributed by atoms with Crippen LogP contribution in [0.25, 0.3) is 0 Å². The predicted molar refractivity (Wildman–Crippen MR) is 81.2 cm³/mol. The van der Waals surface area contributed by atoms with Crippen molar-refractivity contribution in [3.63, 3.8) is 0 Å². The minimum Gasteiger partial charge on any atom is -0.465 e. The van der Waals surface area contributed by atoms with E-state index in [-0.39, 0.29) is 41.5 Å². The highest BCUT2D eigenvalue weighted by atomic mass is 16.5. The molecule has 0 spiro atoms. The fraction of sp³-hybridized carbons (Fsp3) is 0.556. The van der Waals surface area contributed by atoms with Crippen molar-refractivity contribution in [3.8, 4) is 12.3 Å². The van der Waals surface area contributed by atoms with Crippen molar-refractivity contribution >= 4 is 11.8 Å². The van der Waals surface area contributed by atoms with E-state index in [1.54, 1.807) is 0 Å². The molecule has 2 aliphatic rings. The van der Waals surface area contributed by atoms with Gasteiger partial charge in [-0.05, 0) is 18.3 Å². The third-order valence-corrected chi connectivity index (χ3v) is 4.98. The van der Waals surface area contributed by atoms with Gasteiger partial charge in [-0.1, -0.05) is 25.5 Å². The van der Waals surface area contributed by atoms with Crippen LogP contribution in [0.15, 0.2) is 23.8 Å². The first-order valence-corrected chi connectivity index (χ1v) is 7.30. The van der Waals surface area contributed by atoms with Crippen molar-refractivity contribution in [3.05, 3.63) is 23.8 Å². The third kappa shape index (κ3) is 2.68. The van der Waals surface area contributed by atoms with Gasteiger partial charge in [-0.25, -0.2) is 0 Å². The lowest BCUT2D eigenvalue weighted by Gasteiger charge is -2.12. The summed E-state index contributed by atoms with van der Waals surface area (Å²) in [4.78, 5) is 24.0. The van der Waals surface area contributed by atoms with Gasteiger partial charge in [0.05, 0.1) is 12.5 Å². The summed E-state index contributed by atoms with van der Waals surface area (Å²) in [7, 11) is 0. The van der Waals surface area contributed by atoms with Crippen LogP contribution >= 0.6 is 0 Å². The average Bonchev–Trinajstić information content (AvgIpc) is 2.89. The molecule has 0 N–H and O–H groups in total. The summed E-state index contributed by atoms with van der Waals surface area (Å²) in [5, 5.41) is 0. The van der Waals surface area contributed by atoms with E-state index >= 15 is 0 Å². The smallest absolute Gasteiger partial charge is 0.310 e. The van der Waals surface area contributed by atoms with E-state index in [1.807, 2.05) is 26.8 Å². The quantitative estimate of drug-likeness (QED) is 0.443. The first-order valence-electron chi connectivity index (χ1n) is 7.30. The van der Waals surface area contributed by atoms with E-state index in [1.165, 1.54) is 0 Å². The number of esters is 1. The molecule has 0 aliphatic heterocycles. The minimum atomic E-state index is -0.185. The van der Waals surface area contributed by atoms with Gasteiger partial charge in [0.2, 0.25) is 0 Å². The van der Waals surface area contributed by atoms with E-state index in [4.69, 9.17) is 11.2 Å². The van der Waals surface area contributed by atoms with Crippen LogP contribution < -0.4 is 0 Å². The number of hydrogen-bond donors (Lipinski definition) is 0. The molecule has 0 heterocycles. The number of carbonyl (C=O) groups excluding carboxylic acids is 2. The zero-order valence-corrected chi connectivity index (χ0v) is 12.9. The molecule has 3 atom stereocenters. The molecule has 21 heavy (non-hydrogen) atoms. The Kier molecular flexibility index (Phi) is 4.09. The summed E-state index contributed by atoms with van der Waals surface area (Å²) in [6.45, 7) is 10.0. The van der Waals surface area contributed by atoms with Crippen molar-refractivity contribution in [2.75, 3.05) is 6.61 Å². The normalized spacial score (nSPS) is 30.0. The zero-order chi connectivity index (χ0) is 15.8. The number of ether oxygens (including phenoxy) is 1. The Labute approximate surface area is 126 Å². The van der Waals surface area contributed by atoms with Crippen LogP contribution in [0.1, 0.15) is 33.6 Å². The van der Waals surface area contributed by atoms with Crippen LogP contribution in [0.4, 0.5) is 0 Å². The molecule has 1 fully saturated rings. The lowest BCUT2D eigenvalue weighted by Crippen LogP contribution is -2.17. The van der Waals surface area contributed by atoms with Crippen LogP contribution in [0, 0.1) is 35.5 Å². The Morgan fingerprint density at radius 1 is 1.57 bits per heavy atom. The molecule has 3 nitrogen and oxygen atoms in total. The first kappa shape index (κ1) is 15.6. The van der Waals surface area contributed by atoms with Crippen LogP contribution in [0.5, 0.6) is 0 Å². The summed E-state index contributed by atoms with van der Waals surface area (Å²) >= 11 is 0. The van der Waals surface area contributed by atoms with E-state index in [0.717, 1.165) is 5.57 Å². The van der Waals surface area contributed by atoms with Crippen molar-refractivity contribution in [1.29, 1.82) is 0 Å². The van der Waals surface area contributed by atoms with Crippen LogP contribution in [-0.4, -0.2) is 18.4 Å². The van der Waals surface area contributed by atoms with E-state index in [0.29, 0.717) is 18.4 Å². The molecule has 3 heteroatoms. The lowest BCUT2D eigenvalue weighted by atomic mass is 10.0. The van der Waals surface area contributed by atoms with Gasteiger partial charge in [-0.15, -0.1) is 18.9 Å². The van der Waals surface area contributed by atoms with Gasteiger partial charge in [0.15, 0.2) is 5.78 Å². The van der Waals surface area contributed by atoms with Gasteiger partial charge in [0.1, 0.15) is 0 Å². The first-order chi connectivity index (χ1) is 9.84. The average molecular weight is 286 g/mol. The fourth-order valence-corrected chi connectivity index (χ4v) is 3.33. The van der Waals surface area contributed by atoms with Gasteiger partial charge in [-0.3, -0.25) is 9.59 Å². The SMILES string of the molecule is C#CCC1=C(C)C(COC(=O)C2C(C=C)C2(C)C)CC1=O. The molecule has 2 rings (SSSR count). The molecule has 2 aliphatic carbocycles. The second-order valence-electron chi connectivity index (χ2n) is 6.56. The number of ketones is 1. The number of carbonyl (C=O) groups is 2. The van der Waals surface area contributed by atoms with Gasteiger partial charge < -0.3 is 4.74 Å². The second kappa shape index (κ2) is 5.52. The van der Waals surface area contributed by atoms with Gasteiger partial charge in [0.25, 0.3) is 0 Å². The van der Waals surface area contributed by atoms with E-state index in [2.05, 4.69) is 12.5 Å². The summed E-state index contributed by atoms with van der Waals surface area (Å²) < 4.78 is 5.44. The number of allylic oxidation sites excluding steroid dienone is 2. The highest BCUT2D eigenvalue weighted by molar-refractivity contribution is 5.99. The number of Topliss-reactive ketones (excluding diaryl/α,β-unsaturated/α-hetero) is 1. The molecule has 0 aromatic heterocycles. The summed E-state index contributed by atoms with van der Waals surface area (Å²) in [5.41, 5.74) is 1.62. The van der Waals surface area contributed by atoms with Crippen LogP contribution in [0.3, 0.4) is 0 Å². The monoisotopic (exact) mass is 286 g/mol. The molecule has 0 saturated heterocycles. The fourth-order valence-electron chi connectivity index (χ4n) is 3.33. The largest absolute Gasteiger partial charge is 0.465 e. The van der Waals surface area contributed by atoms with E-state index < -0.39 is 0 Å². The van der Waals surface area contributed by atoms with Gasteiger partial charge in [0, 0.05) is 24.3 Å². The molecule has 3 unspecified atom stereocenters. The summed E-state index contributed by atoms with van der Waals surface area (Å²) in [6, 6.07) is 0. The van der Waals surface area contributed by atoms with Gasteiger partial charge >= 0.3 is 5.97 Å². The number of rotatable bonds is 5. The molecule has 0 aromatic rings. The maximum atomic E-state index is 12.1. The Bertz CT molecular complexity index is 560. The highest BCUT2D eigenvalue weighted by Gasteiger charge is 2.61. The highest BCUT2D eigenvalue weighted by Crippen LogP contribution is 2.59. The molecule has 0 amide bonds. The molecular weight excluding hydrogens is 264 g/mol. The van der Waals surface area contributed by atoms with Crippen LogP contribution in [-0.2, 0) is 14.3 Å². The van der Waals surface area contributed by atoms with Crippen molar-refractivity contribution < 1.29 is 14.3 Å². The maximum absolute atomic E-state index is 12.1. The third-order valence-electron chi connectivity index (χ3n) is 4.98. The zero-order valence-electron chi connectivity index (χ0n) is 12.9. The van der Waals surface area contributed by atoms with Crippen molar-refractivity contribution in [2.24, 2.45) is 23.2 Å². The van der Waals surface area contributed by atoms with Crippen LogP contribution in [0.2, 0.25) is 0 Å². The Balaban J connectivity index is 1.93. The second-order valence-corrected chi connectivity index (χ2v) is 6.56. The standard InChI is InChI=1S/C18H22O3/c1-6-8-13-11(3)12(9-15(13)19)10-21-17(20)16-14(7-2)18(16,4)5/h1,7,12,14,16H,2,8-10H2,3-5H3. The Morgan fingerprint density at radius 2 is 2.24 bits per heavy atom. The van der Waals surface area contributed by atoms with Crippen molar-refractivity contribution in [2.45, 2.75) is 33.6 Å². The molecule has 0 bridgehead atoms. The Hall–Kier alpha value is -1.82.